The summed E-state index contributed by atoms with van der Waals surface area (Å²) in [4.78, 5) is 10.9. The highest BCUT2D eigenvalue weighted by Crippen LogP contribution is 2.37. The van der Waals surface area contributed by atoms with E-state index in [1.165, 1.54) is 22.3 Å². The Morgan fingerprint density at radius 2 is 1.01 bits per heavy atom. The maximum Gasteiger partial charge on any atom is 0.117 e. The summed E-state index contributed by atoms with van der Waals surface area (Å²) < 4.78 is 0. The summed E-state index contributed by atoms with van der Waals surface area (Å²) in [6.45, 7) is 15.8. The van der Waals surface area contributed by atoms with Gasteiger partial charge in [0.25, 0.3) is 0 Å². The van der Waals surface area contributed by atoms with E-state index in [1.54, 1.807) is 0 Å². The molecule has 9 rings (SSSR count). The number of nitrogens with zero attached hydrogens (tertiary/aromatic N) is 2. The van der Waals surface area contributed by atoms with Crippen molar-refractivity contribution in [2.24, 2.45) is 21.5 Å². The third kappa shape index (κ3) is 9.50. The molecule has 68 heavy (non-hydrogen) atoms. The fourth-order valence-corrected chi connectivity index (χ4v) is 9.65. The summed E-state index contributed by atoms with van der Waals surface area (Å²) in [7, 11) is 0. The molecule has 6 aromatic carbocycles. The molecule has 0 saturated carbocycles. The summed E-state index contributed by atoms with van der Waals surface area (Å²) in [5.41, 5.74) is 29.5. The molecule has 3 aliphatic rings. The van der Waals surface area contributed by atoms with Crippen LogP contribution in [0, 0.1) is 0 Å². The smallest absolute Gasteiger partial charge is 0.117 e. The number of hydrogen-bond acceptors (Lipinski definition) is 4. The van der Waals surface area contributed by atoms with Crippen molar-refractivity contribution in [3.63, 3.8) is 0 Å². The van der Waals surface area contributed by atoms with Crippen LogP contribution in [0.4, 0.5) is 0 Å². The Morgan fingerprint density at radius 1 is 0.529 bits per heavy atom. The standard InChI is InChI=1S/C64H62N4/c1-41(2)47-27-29-52-37-50-23-15-17-25-55(50)63(66)64(7)33-32-62(68-64)59(35-46-20-12-9-13-21-46)44(6)57-39-48(42(3)4)26-28-51(57)36-49-22-14-16-24-54(49)60(65)40-53-30-31-61(67-53)58(43(5)56(52)38-47)34-45-18-10-8-11-19-45/h8-44H,65-66H2,1-7H3/b49-36+,50-37?,53-40-,58-34?,59-35+,60-54-,63-55-. The molecule has 0 radical (unpaired) electrons. The van der Waals surface area contributed by atoms with Crippen LogP contribution in [0.1, 0.15) is 117 Å². The number of aliphatic imine (C=N–C) groups is 2. The van der Waals surface area contributed by atoms with Gasteiger partial charge in [-0.1, -0.05) is 187 Å². The normalized spacial score (nSPS) is 23.4. The van der Waals surface area contributed by atoms with Crippen LogP contribution in [0.3, 0.4) is 0 Å². The number of nitrogens with two attached hydrogens (primary N) is 2. The maximum absolute atomic E-state index is 7.44. The molecule has 0 spiro atoms. The molecule has 3 unspecified atom stereocenters. The zero-order chi connectivity index (χ0) is 47.5. The highest BCUT2D eigenvalue weighted by molar-refractivity contribution is 6.15. The van der Waals surface area contributed by atoms with Crippen molar-refractivity contribution >= 4 is 47.1 Å². The number of allylic oxidation sites excluding steroid dienone is 5. The molecule has 6 aromatic rings. The van der Waals surface area contributed by atoms with E-state index < -0.39 is 5.54 Å². The third-order valence-corrected chi connectivity index (χ3v) is 13.8. The zero-order valence-corrected chi connectivity index (χ0v) is 40.4. The van der Waals surface area contributed by atoms with Crippen molar-refractivity contribution in [3.8, 4) is 0 Å². The lowest BCUT2D eigenvalue weighted by Crippen LogP contribution is -2.38. The number of fused-ring (bicyclic) bond motifs is 6. The highest BCUT2D eigenvalue weighted by Gasteiger charge is 2.32. The second kappa shape index (κ2) is 19.3. The summed E-state index contributed by atoms with van der Waals surface area (Å²) >= 11 is 0. The molecule has 4 heteroatoms. The maximum atomic E-state index is 7.44. The Morgan fingerprint density at radius 3 is 1.56 bits per heavy atom. The number of hydrogen-bond donors (Lipinski definition) is 2. The van der Waals surface area contributed by atoms with E-state index in [-0.39, 0.29) is 11.8 Å². The summed E-state index contributed by atoms with van der Waals surface area (Å²) in [6, 6.07) is 51.8. The van der Waals surface area contributed by atoms with Crippen LogP contribution in [0.5, 0.6) is 0 Å². The van der Waals surface area contributed by atoms with E-state index in [4.69, 9.17) is 21.5 Å². The van der Waals surface area contributed by atoms with Crippen LogP contribution >= 0.6 is 0 Å². The van der Waals surface area contributed by atoms with Crippen LogP contribution in [0.15, 0.2) is 203 Å². The molecule has 3 atom stereocenters. The lowest BCUT2D eigenvalue weighted by molar-refractivity contribution is 0.754. The van der Waals surface area contributed by atoms with Crippen molar-refractivity contribution in [2.75, 3.05) is 0 Å². The quantitative estimate of drug-likeness (QED) is 0.185. The molecule has 0 amide bonds. The highest BCUT2D eigenvalue weighted by atomic mass is 14.9. The zero-order valence-electron chi connectivity index (χ0n) is 40.4. The minimum Gasteiger partial charge on any atom is -0.399 e. The molecule has 0 fully saturated rings. The first-order chi connectivity index (χ1) is 32.8. The van der Waals surface area contributed by atoms with Gasteiger partial charge in [-0.2, -0.15) is 0 Å². The molecule has 0 aliphatic carbocycles. The second-order valence-electron chi connectivity index (χ2n) is 19.3. The third-order valence-electron chi connectivity index (χ3n) is 13.8. The van der Waals surface area contributed by atoms with E-state index in [0.717, 1.165) is 71.4 Å². The van der Waals surface area contributed by atoms with Crippen molar-refractivity contribution in [3.05, 3.63) is 258 Å². The predicted octanol–water partition coefficient (Wildman–Crippen LogP) is 11.5. The van der Waals surface area contributed by atoms with Gasteiger partial charge in [-0.15, -0.1) is 0 Å². The van der Waals surface area contributed by atoms with Crippen molar-refractivity contribution < 1.29 is 0 Å². The Labute approximate surface area is 402 Å². The van der Waals surface area contributed by atoms with E-state index in [9.17, 15) is 0 Å². The molecule has 4 bridgehead atoms. The lowest BCUT2D eigenvalue weighted by Gasteiger charge is -2.23. The molecule has 3 heterocycles. The topological polar surface area (TPSA) is 76.8 Å². The van der Waals surface area contributed by atoms with E-state index in [2.05, 4.69) is 243 Å². The molecule has 4 N–H and O–H groups in total. The van der Waals surface area contributed by atoms with Gasteiger partial charge in [0.15, 0.2) is 0 Å². The predicted molar refractivity (Wildman–Crippen MR) is 290 cm³/mol. The largest absolute Gasteiger partial charge is 0.399 e. The monoisotopic (exact) mass is 886 g/mol. The molecular weight excluding hydrogens is 825 g/mol. The van der Waals surface area contributed by atoms with Crippen molar-refractivity contribution in [1.29, 1.82) is 0 Å². The summed E-state index contributed by atoms with van der Waals surface area (Å²) in [5, 5.41) is 3.98. The van der Waals surface area contributed by atoms with Gasteiger partial charge in [0, 0.05) is 33.7 Å². The van der Waals surface area contributed by atoms with Gasteiger partial charge in [-0.05, 0) is 140 Å². The summed E-state index contributed by atoms with van der Waals surface area (Å²) in [5.74, 6) is 0.600. The molecular formula is C64H62N4. The number of benzene rings is 6. The van der Waals surface area contributed by atoms with Gasteiger partial charge in [-0.25, -0.2) is 4.99 Å². The van der Waals surface area contributed by atoms with Gasteiger partial charge < -0.3 is 11.5 Å². The van der Waals surface area contributed by atoms with Crippen molar-refractivity contribution in [2.45, 2.75) is 77.7 Å². The first kappa shape index (κ1) is 45.6. The molecule has 0 aromatic heterocycles. The Kier molecular flexibility index (Phi) is 13.0. The first-order valence-corrected chi connectivity index (χ1v) is 24.1. The van der Waals surface area contributed by atoms with Crippen LogP contribution in [0.25, 0.3) is 35.7 Å². The Bertz CT molecular complexity index is 3390. The van der Waals surface area contributed by atoms with Gasteiger partial charge >= 0.3 is 0 Å². The van der Waals surface area contributed by atoms with Gasteiger partial charge in [0.05, 0.1) is 17.1 Å². The van der Waals surface area contributed by atoms with Gasteiger partial charge in [0.1, 0.15) is 5.54 Å². The van der Waals surface area contributed by atoms with Gasteiger partial charge in [-0.3, -0.25) is 4.99 Å². The van der Waals surface area contributed by atoms with Crippen molar-refractivity contribution in [1.82, 2.24) is 0 Å². The fraction of sp³-hybridized carbons (Fsp3) is 0.188. The van der Waals surface area contributed by atoms with Crippen LogP contribution in [-0.2, 0) is 0 Å². The van der Waals surface area contributed by atoms with E-state index in [0.29, 0.717) is 23.2 Å². The van der Waals surface area contributed by atoms with Gasteiger partial charge in [0.2, 0.25) is 0 Å². The molecule has 338 valence electrons. The fourth-order valence-electron chi connectivity index (χ4n) is 9.65. The Hall–Kier alpha value is -7.56. The average molecular weight is 887 g/mol. The minimum atomic E-state index is -0.800. The second-order valence-corrected chi connectivity index (χ2v) is 19.3. The Balaban J connectivity index is 1.36. The van der Waals surface area contributed by atoms with Crippen LogP contribution in [0.2, 0.25) is 0 Å². The molecule has 0 saturated heterocycles. The molecule has 3 aliphatic heterocycles. The van der Waals surface area contributed by atoms with Crippen LogP contribution in [-0.4, -0.2) is 17.0 Å². The van der Waals surface area contributed by atoms with E-state index >= 15 is 0 Å². The van der Waals surface area contributed by atoms with E-state index in [1.807, 2.05) is 6.08 Å². The summed E-state index contributed by atoms with van der Waals surface area (Å²) in [6.07, 6.45) is 19.7. The average Bonchev–Trinajstić information content (AvgIpc) is 3.99. The minimum absolute atomic E-state index is 0.0369. The number of rotatable bonds is 4. The first-order valence-electron chi connectivity index (χ1n) is 24.1. The van der Waals surface area contributed by atoms with Crippen LogP contribution < -0.4 is 32.3 Å². The SMILES string of the molecule is CC(C)c1ccc2c(c1)C(C)C(=Cc1ccccc1)C1=N\C(=C/C(N)=c3\cccc\c3=C/c3ccc(C(C)C)cc3C(C)/C(=C\c3ccccc3)C3=NC(C)(C=C3)/C(N)=c3\ccccc3=C2)C=C1. The molecule has 4 nitrogen and oxygen atoms in total. The lowest BCUT2D eigenvalue weighted by atomic mass is 9.83.